The Labute approximate surface area is 202 Å². The Morgan fingerprint density at radius 2 is 1.69 bits per heavy atom. The number of halogens is 6. The molecule has 0 unspecified atom stereocenters. The molecule has 1 atom stereocenters. The monoisotopic (exact) mass is 529 g/mol. The van der Waals surface area contributed by atoms with Gasteiger partial charge in [-0.3, -0.25) is 4.79 Å². The van der Waals surface area contributed by atoms with Crippen LogP contribution in [-0.2, 0) is 11.0 Å². The highest BCUT2D eigenvalue weighted by Crippen LogP contribution is 2.31. The molecule has 2 aromatic rings. The van der Waals surface area contributed by atoms with Crippen LogP contribution < -0.4 is 25.4 Å². The zero-order valence-corrected chi connectivity index (χ0v) is 19.4. The van der Waals surface area contributed by atoms with Crippen molar-refractivity contribution in [2.75, 3.05) is 19.0 Å². The van der Waals surface area contributed by atoms with E-state index in [0.29, 0.717) is 11.5 Å². The zero-order chi connectivity index (χ0) is 23.9. The molecule has 0 fully saturated rings. The lowest BCUT2D eigenvalue weighted by molar-refractivity contribution is -0.137. The van der Waals surface area contributed by atoms with Crippen LogP contribution in [0.4, 0.5) is 18.9 Å². The van der Waals surface area contributed by atoms with Gasteiger partial charge < -0.3 is 25.4 Å². The summed E-state index contributed by atoms with van der Waals surface area (Å²) in [4.78, 5) is 12.2. The molecule has 0 aliphatic carbocycles. The Morgan fingerprint density at radius 3 is 2.25 bits per heavy atom. The van der Waals surface area contributed by atoms with E-state index >= 15 is 0 Å². The van der Waals surface area contributed by atoms with E-state index in [1.165, 1.54) is 19.2 Å². The molecule has 0 aliphatic heterocycles. The Morgan fingerprint density at radius 1 is 1.06 bits per heavy atom. The molecule has 174 valence electrons. The third kappa shape index (κ3) is 8.42. The molecule has 13 heteroatoms. The average Bonchev–Trinajstić information content (AvgIpc) is 2.71. The van der Waals surface area contributed by atoms with Gasteiger partial charge >= 0.3 is 6.18 Å². The van der Waals surface area contributed by atoms with Gasteiger partial charge in [-0.05, 0) is 54.7 Å². The smallest absolute Gasteiger partial charge is 0.416 e. The van der Waals surface area contributed by atoms with Gasteiger partial charge in [0.2, 0.25) is 3.79 Å². The third-order valence-electron chi connectivity index (χ3n) is 3.79. The minimum atomic E-state index is -4.52. The fourth-order valence-electron chi connectivity index (χ4n) is 2.29. The van der Waals surface area contributed by atoms with Gasteiger partial charge in [-0.15, -0.1) is 0 Å². The number of ether oxygens (including phenoxy) is 2. The molecule has 0 heterocycles. The van der Waals surface area contributed by atoms with Gasteiger partial charge in [-0.2, -0.15) is 13.2 Å². The summed E-state index contributed by atoms with van der Waals surface area (Å²) in [6, 6.07) is 10.9. The Hall–Kier alpha value is -2.14. The summed E-state index contributed by atoms with van der Waals surface area (Å²) >= 11 is 22.7. The van der Waals surface area contributed by atoms with Crippen LogP contribution in [0.25, 0.3) is 0 Å². The predicted molar refractivity (Wildman–Crippen MR) is 122 cm³/mol. The summed E-state index contributed by atoms with van der Waals surface area (Å²) in [5.41, 5.74) is -0.818. The average molecular weight is 531 g/mol. The van der Waals surface area contributed by atoms with Crippen LogP contribution in [0.2, 0.25) is 0 Å². The number of carbonyl (C=O) groups is 1. The zero-order valence-electron chi connectivity index (χ0n) is 16.3. The van der Waals surface area contributed by atoms with Crippen molar-refractivity contribution in [3.05, 3.63) is 54.1 Å². The molecule has 6 nitrogen and oxygen atoms in total. The molecule has 3 N–H and O–H groups in total. The standard InChI is InChI=1S/C19H17Cl3F3N3O3S/c1-30-13-5-7-14(8-6-13)31-10-15(29)27-16(18(20,21)22)28-17(32)26-12-4-2-3-11(9-12)19(23,24)25/h2-9,16H,10H2,1H3,(H,27,29)(H2,26,28,32)/t16-/m0/s1. The molecule has 0 aliphatic rings. The van der Waals surface area contributed by atoms with Crippen molar-refractivity contribution in [1.82, 2.24) is 10.6 Å². The molecule has 0 aromatic heterocycles. The number of methoxy groups -OCH3 is 1. The minimum Gasteiger partial charge on any atom is -0.497 e. The first-order valence-corrected chi connectivity index (χ1v) is 10.3. The van der Waals surface area contributed by atoms with E-state index < -0.39 is 34.2 Å². The minimum absolute atomic E-state index is 0.0505. The van der Waals surface area contributed by atoms with Crippen molar-refractivity contribution < 1.29 is 27.4 Å². The summed E-state index contributed by atoms with van der Waals surface area (Å²) in [5.74, 6) is 0.372. The highest BCUT2D eigenvalue weighted by atomic mass is 35.6. The first-order chi connectivity index (χ1) is 14.9. The van der Waals surface area contributed by atoms with Crippen LogP contribution in [0.1, 0.15) is 5.56 Å². The second kappa shape index (κ2) is 11.1. The number of thiocarbonyl (C=S) groups is 1. The molecular weight excluding hydrogens is 514 g/mol. The lowest BCUT2D eigenvalue weighted by Gasteiger charge is -2.27. The van der Waals surface area contributed by atoms with Crippen molar-refractivity contribution >= 4 is 63.7 Å². The lowest BCUT2D eigenvalue weighted by Crippen LogP contribution is -2.56. The van der Waals surface area contributed by atoms with Gasteiger partial charge in [0, 0.05) is 5.69 Å². The number of rotatable bonds is 7. The largest absolute Gasteiger partial charge is 0.497 e. The van der Waals surface area contributed by atoms with Crippen molar-refractivity contribution in [1.29, 1.82) is 0 Å². The maximum atomic E-state index is 12.9. The van der Waals surface area contributed by atoms with Crippen LogP contribution in [0.3, 0.4) is 0 Å². The number of anilines is 1. The van der Waals surface area contributed by atoms with Crippen LogP contribution in [-0.4, -0.2) is 34.7 Å². The van der Waals surface area contributed by atoms with Crippen LogP contribution in [0, 0.1) is 0 Å². The summed E-state index contributed by atoms with van der Waals surface area (Å²) < 4.78 is 46.9. The van der Waals surface area contributed by atoms with Crippen molar-refractivity contribution in [2.24, 2.45) is 0 Å². The predicted octanol–water partition coefficient (Wildman–Crippen LogP) is 4.89. The van der Waals surface area contributed by atoms with E-state index in [-0.39, 0.29) is 10.8 Å². The highest BCUT2D eigenvalue weighted by Gasteiger charge is 2.35. The third-order valence-corrected chi connectivity index (χ3v) is 4.66. The lowest BCUT2D eigenvalue weighted by atomic mass is 10.2. The molecule has 0 saturated heterocycles. The van der Waals surface area contributed by atoms with E-state index in [4.69, 9.17) is 56.5 Å². The number of benzene rings is 2. The van der Waals surface area contributed by atoms with E-state index in [1.807, 2.05) is 0 Å². The van der Waals surface area contributed by atoms with E-state index in [9.17, 15) is 18.0 Å². The second-order valence-electron chi connectivity index (χ2n) is 6.18. The van der Waals surface area contributed by atoms with E-state index in [2.05, 4.69) is 16.0 Å². The van der Waals surface area contributed by atoms with Gasteiger partial charge in [0.25, 0.3) is 5.91 Å². The van der Waals surface area contributed by atoms with Crippen molar-refractivity contribution in [2.45, 2.75) is 16.1 Å². The molecule has 32 heavy (non-hydrogen) atoms. The quantitative estimate of drug-likeness (QED) is 0.269. The number of nitrogens with one attached hydrogen (secondary N) is 3. The topological polar surface area (TPSA) is 71.6 Å². The SMILES string of the molecule is COc1ccc(OCC(=O)N[C@@H](NC(=S)Nc2cccc(C(F)(F)F)c2)C(Cl)(Cl)Cl)cc1. The van der Waals surface area contributed by atoms with Gasteiger partial charge in [-0.25, -0.2) is 0 Å². The molecule has 0 radical (unpaired) electrons. The highest BCUT2D eigenvalue weighted by molar-refractivity contribution is 7.80. The Balaban J connectivity index is 1.96. The van der Waals surface area contributed by atoms with Gasteiger partial charge in [0.15, 0.2) is 11.7 Å². The van der Waals surface area contributed by atoms with E-state index in [0.717, 1.165) is 12.1 Å². The van der Waals surface area contributed by atoms with Gasteiger partial charge in [0.05, 0.1) is 12.7 Å². The van der Waals surface area contributed by atoms with Crippen LogP contribution in [0.15, 0.2) is 48.5 Å². The number of amides is 1. The fraction of sp³-hybridized carbons (Fsp3) is 0.263. The molecule has 2 aromatic carbocycles. The van der Waals surface area contributed by atoms with Gasteiger partial charge in [0.1, 0.15) is 17.7 Å². The summed E-state index contributed by atoms with van der Waals surface area (Å²) in [6.07, 6.45) is -5.84. The molecule has 0 spiro atoms. The van der Waals surface area contributed by atoms with Crippen molar-refractivity contribution in [3.63, 3.8) is 0 Å². The molecule has 2 rings (SSSR count). The van der Waals surface area contributed by atoms with Gasteiger partial charge in [-0.1, -0.05) is 40.9 Å². The first kappa shape index (κ1) is 26.1. The molecule has 0 saturated carbocycles. The fourth-order valence-corrected chi connectivity index (χ4v) is 2.86. The Kier molecular flexibility index (Phi) is 9.08. The van der Waals surface area contributed by atoms with Crippen LogP contribution >= 0.6 is 47.0 Å². The molecule has 0 bridgehead atoms. The molecule has 1 amide bonds. The van der Waals surface area contributed by atoms with E-state index in [1.54, 1.807) is 24.3 Å². The number of alkyl halides is 6. The summed E-state index contributed by atoms with van der Waals surface area (Å²) in [5, 5.41) is 7.31. The maximum Gasteiger partial charge on any atom is 0.416 e. The summed E-state index contributed by atoms with van der Waals surface area (Å²) in [7, 11) is 1.51. The first-order valence-electron chi connectivity index (χ1n) is 8.76. The number of carbonyl (C=O) groups excluding carboxylic acids is 1. The normalized spacial score (nSPS) is 12.5. The molecular formula is C19H17Cl3F3N3O3S. The number of hydrogen-bond donors (Lipinski definition) is 3. The maximum absolute atomic E-state index is 12.9. The second-order valence-corrected chi connectivity index (χ2v) is 8.96. The number of hydrogen-bond acceptors (Lipinski definition) is 4. The van der Waals surface area contributed by atoms with Crippen molar-refractivity contribution in [3.8, 4) is 11.5 Å². The van der Waals surface area contributed by atoms with Crippen LogP contribution in [0.5, 0.6) is 11.5 Å². The summed E-state index contributed by atoms with van der Waals surface area (Å²) in [6.45, 7) is -0.404. The Bertz CT molecular complexity index is 941.